The second kappa shape index (κ2) is 4.75. The van der Waals surface area contributed by atoms with Gasteiger partial charge in [-0.3, -0.25) is 4.79 Å². The summed E-state index contributed by atoms with van der Waals surface area (Å²) in [5.74, 6) is -0.796. The molecule has 0 saturated carbocycles. The SMILES string of the molecule is CC(NN1C(C)CCCC1C)C(=O)O. The van der Waals surface area contributed by atoms with E-state index in [0.29, 0.717) is 12.1 Å². The first-order valence-corrected chi connectivity index (χ1v) is 5.29. The highest BCUT2D eigenvalue weighted by Crippen LogP contribution is 2.20. The van der Waals surface area contributed by atoms with Crippen molar-refractivity contribution < 1.29 is 9.90 Å². The molecule has 1 heterocycles. The maximum Gasteiger partial charge on any atom is 0.321 e. The van der Waals surface area contributed by atoms with Crippen LogP contribution in [0.25, 0.3) is 0 Å². The van der Waals surface area contributed by atoms with Crippen LogP contribution in [0.3, 0.4) is 0 Å². The third-order valence-electron chi connectivity index (χ3n) is 2.91. The van der Waals surface area contributed by atoms with Crippen molar-refractivity contribution in [3.8, 4) is 0 Å². The molecule has 3 unspecified atom stereocenters. The van der Waals surface area contributed by atoms with Crippen molar-refractivity contribution >= 4 is 5.97 Å². The van der Waals surface area contributed by atoms with Gasteiger partial charge in [0.05, 0.1) is 0 Å². The van der Waals surface area contributed by atoms with Gasteiger partial charge in [0.25, 0.3) is 0 Å². The molecule has 0 aromatic carbocycles. The molecule has 2 N–H and O–H groups in total. The van der Waals surface area contributed by atoms with Gasteiger partial charge in [-0.2, -0.15) is 0 Å². The molecule has 0 aromatic heterocycles. The first-order valence-electron chi connectivity index (χ1n) is 5.29. The minimum atomic E-state index is -0.796. The second-order valence-electron chi connectivity index (χ2n) is 4.23. The minimum absolute atomic E-state index is 0.431. The highest BCUT2D eigenvalue weighted by atomic mass is 16.4. The molecule has 3 atom stereocenters. The van der Waals surface area contributed by atoms with Gasteiger partial charge in [-0.1, -0.05) is 6.42 Å². The lowest BCUT2D eigenvalue weighted by Gasteiger charge is -2.40. The van der Waals surface area contributed by atoms with E-state index >= 15 is 0 Å². The molecule has 0 aliphatic carbocycles. The number of hydrogen-bond acceptors (Lipinski definition) is 3. The molecule has 1 fully saturated rings. The summed E-state index contributed by atoms with van der Waals surface area (Å²) in [7, 11) is 0. The van der Waals surface area contributed by atoms with Gasteiger partial charge in [-0.15, -0.1) is 0 Å². The molecule has 4 heteroatoms. The van der Waals surface area contributed by atoms with Crippen molar-refractivity contribution in [2.75, 3.05) is 0 Å². The summed E-state index contributed by atoms with van der Waals surface area (Å²) in [5.41, 5.74) is 3.05. The number of nitrogens with zero attached hydrogens (tertiary/aromatic N) is 1. The van der Waals surface area contributed by atoms with Crippen LogP contribution in [-0.4, -0.2) is 34.2 Å². The van der Waals surface area contributed by atoms with Gasteiger partial charge in [0.1, 0.15) is 6.04 Å². The number of hydrazine groups is 1. The largest absolute Gasteiger partial charge is 0.480 e. The number of carboxylic acid groups (broad SMARTS) is 1. The van der Waals surface area contributed by atoms with E-state index in [-0.39, 0.29) is 0 Å². The second-order valence-corrected chi connectivity index (χ2v) is 4.23. The highest BCUT2D eigenvalue weighted by molar-refractivity contribution is 5.72. The van der Waals surface area contributed by atoms with Crippen molar-refractivity contribution in [1.29, 1.82) is 0 Å². The number of nitrogens with one attached hydrogen (secondary N) is 1. The predicted octanol–water partition coefficient (Wildman–Crippen LogP) is 1.23. The number of carboxylic acids is 1. The molecular formula is C10H20N2O2. The Kier molecular flexibility index (Phi) is 3.89. The Bertz CT molecular complexity index is 198. The van der Waals surface area contributed by atoms with Gasteiger partial charge in [-0.05, 0) is 33.6 Å². The van der Waals surface area contributed by atoms with Crippen LogP contribution in [0.4, 0.5) is 0 Å². The molecule has 14 heavy (non-hydrogen) atoms. The van der Waals surface area contributed by atoms with E-state index in [0.717, 1.165) is 12.8 Å². The zero-order valence-electron chi connectivity index (χ0n) is 9.16. The van der Waals surface area contributed by atoms with Gasteiger partial charge in [-0.25, -0.2) is 10.4 Å². The Hall–Kier alpha value is -0.610. The fourth-order valence-corrected chi connectivity index (χ4v) is 1.95. The molecule has 0 spiro atoms. The number of piperidine rings is 1. The number of rotatable bonds is 3. The van der Waals surface area contributed by atoms with Crippen LogP contribution in [0.2, 0.25) is 0 Å². The van der Waals surface area contributed by atoms with Crippen LogP contribution < -0.4 is 5.43 Å². The van der Waals surface area contributed by atoms with E-state index in [1.54, 1.807) is 6.92 Å². The van der Waals surface area contributed by atoms with Crippen LogP contribution in [0.5, 0.6) is 0 Å². The Morgan fingerprint density at radius 3 is 2.36 bits per heavy atom. The highest BCUT2D eigenvalue weighted by Gasteiger charge is 2.27. The lowest BCUT2D eigenvalue weighted by Crippen LogP contribution is -2.56. The number of hydrogen-bond donors (Lipinski definition) is 2. The van der Waals surface area contributed by atoms with Crippen molar-refractivity contribution in [3.05, 3.63) is 0 Å². The summed E-state index contributed by atoms with van der Waals surface area (Å²) in [4.78, 5) is 10.7. The molecule has 4 nitrogen and oxygen atoms in total. The van der Waals surface area contributed by atoms with Gasteiger partial charge in [0.15, 0.2) is 0 Å². The van der Waals surface area contributed by atoms with Crippen molar-refractivity contribution in [2.24, 2.45) is 0 Å². The van der Waals surface area contributed by atoms with E-state index in [1.165, 1.54) is 6.42 Å². The summed E-state index contributed by atoms with van der Waals surface area (Å²) in [6, 6.07) is 0.360. The lowest BCUT2D eigenvalue weighted by atomic mass is 10.00. The zero-order valence-corrected chi connectivity index (χ0v) is 9.16. The zero-order chi connectivity index (χ0) is 10.7. The normalized spacial score (nSPS) is 31.4. The molecule has 0 bridgehead atoms. The molecule has 1 aliphatic rings. The third kappa shape index (κ3) is 2.69. The van der Waals surface area contributed by atoms with Crippen LogP contribution in [0, 0.1) is 0 Å². The minimum Gasteiger partial charge on any atom is -0.480 e. The predicted molar refractivity (Wildman–Crippen MR) is 54.8 cm³/mol. The molecule has 1 saturated heterocycles. The van der Waals surface area contributed by atoms with Crippen LogP contribution in [-0.2, 0) is 4.79 Å². The Morgan fingerprint density at radius 2 is 1.93 bits per heavy atom. The Labute approximate surface area is 85.3 Å². The summed E-state index contributed by atoms with van der Waals surface area (Å²) in [6.07, 6.45) is 3.52. The molecule has 0 aromatic rings. The number of carbonyl (C=O) groups is 1. The molecule has 82 valence electrons. The smallest absolute Gasteiger partial charge is 0.321 e. The fourth-order valence-electron chi connectivity index (χ4n) is 1.95. The van der Waals surface area contributed by atoms with Crippen molar-refractivity contribution in [3.63, 3.8) is 0 Å². The Balaban J connectivity index is 2.51. The Morgan fingerprint density at radius 1 is 1.43 bits per heavy atom. The molecular weight excluding hydrogens is 180 g/mol. The molecule has 1 aliphatic heterocycles. The summed E-state index contributed by atoms with van der Waals surface area (Å²) >= 11 is 0. The van der Waals surface area contributed by atoms with E-state index in [2.05, 4.69) is 24.3 Å². The van der Waals surface area contributed by atoms with E-state index in [9.17, 15) is 4.79 Å². The number of aliphatic carboxylic acids is 1. The first kappa shape index (κ1) is 11.5. The van der Waals surface area contributed by atoms with E-state index < -0.39 is 12.0 Å². The van der Waals surface area contributed by atoms with Crippen LogP contribution >= 0.6 is 0 Å². The average molecular weight is 200 g/mol. The van der Waals surface area contributed by atoms with E-state index in [1.807, 2.05) is 0 Å². The quantitative estimate of drug-likeness (QED) is 0.719. The average Bonchev–Trinajstić information content (AvgIpc) is 2.11. The maximum absolute atomic E-state index is 10.7. The molecule has 1 rings (SSSR count). The van der Waals surface area contributed by atoms with Crippen LogP contribution in [0.1, 0.15) is 40.0 Å². The summed E-state index contributed by atoms with van der Waals surface area (Å²) in [6.45, 7) is 5.95. The van der Waals surface area contributed by atoms with Crippen molar-refractivity contribution in [2.45, 2.75) is 58.2 Å². The molecule has 0 radical (unpaired) electrons. The van der Waals surface area contributed by atoms with Gasteiger partial charge in [0.2, 0.25) is 0 Å². The summed E-state index contributed by atoms with van der Waals surface area (Å²) < 4.78 is 0. The lowest BCUT2D eigenvalue weighted by molar-refractivity contribution is -0.141. The van der Waals surface area contributed by atoms with Gasteiger partial charge >= 0.3 is 5.97 Å². The maximum atomic E-state index is 10.7. The summed E-state index contributed by atoms with van der Waals surface area (Å²) in [5, 5.41) is 10.9. The van der Waals surface area contributed by atoms with Gasteiger partial charge < -0.3 is 5.11 Å². The fraction of sp³-hybridized carbons (Fsp3) is 0.900. The molecule has 0 amide bonds. The third-order valence-corrected chi connectivity index (χ3v) is 2.91. The monoisotopic (exact) mass is 200 g/mol. The van der Waals surface area contributed by atoms with Gasteiger partial charge in [0, 0.05) is 12.1 Å². The standard InChI is InChI=1S/C10H20N2O2/c1-7-5-4-6-8(2)12(7)11-9(3)10(13)14/h7-9,11H,4-6H2,1-3H3,(H,13,14). The van der Waals surface area contributed by atoms with Crippen molar-refractivity contribution in [1.82, 2.24) is 10.4 Å². The van der Waals surface area contributed by atoms with E-state index in [4.69, 9.17) is 5.11 Å². The van der Waals surface area contributed by atoms with Crippen LogP contribution in [0.15, 0.2) is 0 Å². The topological polar surface area (TPSA) is 52.6 Å². The first-order chi connectivity index (χ1) is 6.52.